The van der Waals surface area contributed by atoms with Crippen molar-refractivity contribution in [3.63, 3.8) is 0 Å². The summed E-state index contributed by atoms with van der Waals surface area (Å²) in [6.45, 7) is 0.775. The SMILES string of the molecule is O=C(Nc1ccccn1)C1CCN(C(=O)CNC(=O)C2c3ccccc3C(=O)N2C2CC2)CC1. The largest absolute Gasteiger partial charge is 0.345 e. The summed E-state index contributed by atoms with van der Waals surface area (Å²) in [5, 5.41) is 5.57. The van der Waals surface area contributed by atoms with Gasteiger partial charge in [-0.2, -0.15) is 0 Å². The van der Waals surface area contributed by atoms with Gasteiger partial charge in [-0.25, -0.2) is 4.98 Å². The van der Waals surface area contributed by atoms with E-state index in [9.17, 15) is 19.2 Å². The Morgan fingerprint density at radius 2 is 1.68 bits per heavy atom. The number of pyridine rings is 1. The van der Waals surface area contributed by atoms with Gasteiger partial charge in [0.2, 0.25) is 17.7 Å². The van der Waals surface area contributed by atoms with Crippen molar-refractivity contribution in [2.24, 2.45) is 5.92 Å². The van der Waals surface area contributed by atoms with E-state index in [-0.39, 0.29) is 42.1 Å². The van der Waals surface area contributed by atoms with Crippen molar-refractivity contribution in [2.75, 3.05) is 25.0 Å². The molecule has 0 radical (unpaired) electrons. The Bertz CT molecular complexity index is 1110. The Balaban J connectivity index is 1.14. The third-order valence-electron chi connectivity index (χ3n) is 6.74. The lowest BCUT2D eigenvalue weighted by Gasteiger charge is -2.31. The Kier molecular flexibility index (Phi) is 6.00. The van der Waals surface area contributed by atoms with E-state index >= 15 is 0 Å². The van der Waals surface area contributed by atoms with Crippen LogP contribution in [0.25, 0.3) is 0 Å². The molecule has 1 aliphatic carbocycles. The second kappa shape index (κ2) is 9.24. The number of nitrogens with one attached hydrogen (secondary N) is 2. The molecule has 1 saturated heterocycles. The molecule has 2 aliphatic heterocycles. The number of benzene rings is 1. The zero-order valence-corrected chi connectivity index (χ0v) is 18.8. The van der Waals surface area contributed by atoms with Gasteiger partial charge >= 0.3 is 0 Å². The topological polar surface area (TPSA) is 112 Å². The van der Waals surface area contributed by atoms with Crippen LogP contribution in [0.3, 0.4) is 0 Å². The van der Waals surface area contributed by atoms with Gasteiger partial charge in [-0.1, -0.05) is 24.3 Å². The Morgan fingerprint density at radius 3 is 2.38 bits per heavy atom. The molecular formula is C25H27N5O4. The molecule has 9 nitrogen and oxygen atoms in total. The molecule has 1 unspecified atom stereocenters. The lowest BCUT2D eigenvalue weighted by atomic mass is 9.96. The van der Waals surface area contributed by atoms with Crippen LogP contribution in [0.1, 0.15) is 47.6 Å². The fraction of sp³-hybridized carbons (Fsp3) is 0.400. The van der Waals surface area contributed by atoms with Gasteiger partial charge in [0.1, 0.15) is 11.9 Å². The summed E-state index contributed by atoms with van der Waals surface area (Å²) >= 11 is 0. The standard InChI is InChI=1S/C25H27N5O4/c31-21(29-13-10-16(11-14-29)23(32)28-20-7-3-4-12-26-20)15-27-24(33)22-18-5-1-2-6-19(18)25(34)30(22)17-8-9-17/h1-7,12,16-17,22H,8-11,13-15H2,(H,27,33)(H,26,28,32). The predicted octanol–water partition coefficient (Wildman–Crippen LogP) is 1.73. The fourth-order valence-electron chi connectivity index (χ4n) is 4.76. The molecule has 2 aromatic rings. The van der Waals surface area contributed by atoms with E-state index in [1.165, 1.54) is 0 Å². The van der Waals surface area contributed by atoms with Crippen molar-refractivity contribution in [1.29, 1.82) is 0 Å². The minimum atomic E-state index is -0.690. The van der Waals surface area contributed by atoms with Gasteiger partial charge < -0.3 is 20.4 Å². The Labute approximate surface area is 197 Å². The maximum absolute atomic E-state index is 13.1. The second-order valence-corrected chi connectivity index (χ2v) is 9.01. The predicted molar refractivity (Wildman–Crippen MR) is 124 cm³/mol. The molecular weight excluding hydrogens is 434 g/mol. The number of aromatic nitrogens is 1. The number of nitrogens with zero attached hydrogens (tertiary/aromatic N) is 3. The molecule has 1 saturated carbocycles. The minimum absolute atomic E-state index is 0.0858. The summed E-state index contributed by atoms with van der Waals surface area (Å²) in [4.78, 5) is 58.5. The van der Waals surface area contributed by atoms with E-state index in [2.05, 4.69) is 15.6 Å². The van der Waals surface area contributed by atoms with Crippen molar-refractivity contribution >= 4 is 29.4 Å². The number of likely N-dealkylation sites (tertiary alicyclic amines) is 1. The third-order valence-corrected chi connectivity index (χ3v) is 6.74. The van der Waals surface area contributed by atoms with Crippen LogP contribution in [0.2, 0.25) is 0 Å². The van der Waals surface area contributed by atoms with Crippen molar-refractivity contribution in [3.8, 4) is 0 Å². The lowest BCUT2D eigenvalue weighted by Crippen LogP contribution is -2.47. The summed E-state index contributed by atoms with van der Waals surface area (Å²) in [6.07, 6.45) is 4.52. The summed E-state index contributed by atoms with van der Waals surface area (Å²) in [5.74, 6) is -0.398. The third kappa shape index (κ3) is 4.37. The quantitative estimate of drug-likeness (QED) is 0.681. The number of anilines is 1. The summed E-state index contributed by atoms with van der Waals surface area (Å²) in [7, 11) is 0. The number of piperidine rings is 1. The minimum Gasteiger partial charge on any atom is -0.345 e. The highest BCUT2D eigenvalue weighted by Gasteiger charge is 2.47. The summed E-state index contributed by atoms with van der Waals surface area (Å²) < 4.78 is 0. The first-order chi connectivity index (χ1) is 16.5. The van der Waals surface area contributed by atoms with E-state index in [4.69, 9.17) is 0 Å². The van der Waals surface area contributed by atoms with E-state index in [1.54, 1.807) is 40.3 Å². The molecule has 1 atom stereocenters. The zero-order valence-electron chi connectivity index (χ0n) is 18.8. The van der Waals surface area contributed by atoms with E-state index in [1.807, 2.05) is 18.2 Å². The average Bonchev–Trinajstić information content (AvgIpc) is 3.66. The van der Waals surface area contributed by atoms with Gasteiger partial charge in [0.25, 0.3) is 5.91 Å². The molecule has 5 rings (SSSR count). The van der Waals surface area contributed by atoms with E-state index < -0.39 is 6.04 Å². The molecule has 3 aliphatic rings. The molecule has 3 heterocycles. The first kappa shape index (κ1) is 22.1. The second-order valence-electron chi connectivity index (χ2n) is 9.01. The summed E-state index contributed by atoms with van der Waals surface area (Å²) in [5.41, 5.74) is 1.26. The summed E-state index contributed by atoms with van der Waals surface area (Å²) in [6, 6.07) is 11.9. The fourth-order valence-corrected chi connectivity index (χ4v) is 4.76. The Morgan fingerprint density at radius 1 is 0.941 bits per heavy atom. The van der Waals surface area contributed by atoms with Gasteiger partial charge in [-0.15, -0.1) is 0 Å². The smallest absolute Gasteiger partial charge is 0.255 e. The number of hydrogen-bond acceptors (Lipinski definition) is 5. The molecule has 1 aromatic carbocycles. The number of hydrogen-bond donors (Lipinski definition) is 2. The Hall–Kier alpha value is -3.75. The van der Waals surface area contributed by atoms with Crippen LogP contribution in [-0.2, 0) is 14.4 Å². The van der Waals surface area contributed by atoms with Crippen LogP contribution < -0.4 is 10.6 Å². The van der Waals surface area contributed by atoms with Gasteiger partial charge in [-0.3, -0.25) is 19.2 Å². The van der Waals surface area contributed by atoms with Gasteiger partial charge in [0.15, 0.2) is 0 Å². The van der Waals surface area contributed by atoms with Gasteiger partial charge in [-0.05, 0) is 49.4 Å². The van der Waals surface area contributed by atoms with Crippen LogP contribution in [0.4, 0.5) is 5.82 Å². The average molecular weight is 462 g/mol. The van der Waals surface area contributed by atoms with E-state index in [0.717, 1.165) is 12.8 Å². The van der Waals surface area contributed by atoms with Crippen molar-refractivity contribution in [3.05, 3.63) is 59.8 Å². The highest BCUT2D eigenvalue weighted by Crippen LogP contribution is 2.41. The maximum Gasteiger partial charge on any atom is 0.255 e. The van der Waals surface area contributed by atoms with Crippen molar-refractivity contribution in [1.82, 2.24) is 20.1 Å². The highest BCUT2D eigenvalue weighted by atomic mass is 16.2. The monoisotopic (exact) mass is 461 g/mol. The van der Waals surface area contributed by atoms with Crippen molar-refractivity contribution < 1.29 is 19.2 Å². The van der Waals surface area contributed by atoms with Crippen LogP contribution in [-0.4, -0.2) is 64.1 Å². The highest BCUT2D eigenvalue weighted by molar-refractivity contribution is 6.05. The van der Waals surface area contributed by atoms with Gasteiger partial charge in [0, 0.05) is 36.8 Å². The number of amides is 4. The molecule has 0 bridgehead atoms. The molecule has 9 heteroatoms. The van der Waals surface area contributed by atoms with E-state index in [0.29, 0.717) is 42.9 Å². The normalized spacial score (nSPS) is 20.1. The van der Waals surface area contributed by atoms with Gasteiger partial charge in [0.05, 0.1) is 6.54 Å². The zero-order chi connectivity index (χ0) is 23.7. The van der Waals surface area contributed by atoms with Crippen LogP contribution >= 0.6 is 0 Å². The molecule has 2 N–H and O–H groups in total. The van der Waals surface area contributed by atoms with Crippen LogP contribution in [0, 0.1) is 5.92 Å². The number of carbonyl (C=O) groups is 4. The molecule has 2 fully saturated rings. The maximum atomic E-state index is 13.1. The molecule has 34 heavy (non-hydrogen) atoms. The number of fused-ring (bicyclic) bond motifs is 1. The van der Waals surface area contributed by atoms with Crippen molar-refractivity contribution in [2.45, 2.75) is 37.8 Å². The molecule has 1 aromatic heterocycles. The molecule has 176 valence electrons. The first-order valence-electron chi connectivity index (χ1n) is 11.7. The molecule has 4 amide bonds. The first-order valence-corrected chi connectivity index (χ1v) is 11.7. The number of rotatable bonds is 6. The van der Waals surface area contributed by atoms with Crippen LogP contribution in [0.5, 0.6) is 0 Å². The van der Waals surface area contributed by atoms with Crippen LogP contribution in [0.15, 0.2) is 48.7 Å². The number of carbonyl (C=O) groups excluding carboxylic acids is 4. The molecule has 0 spiro atoms. The lowest BCUT2D eigenvalue weighted by molar-refractivity contribution is -0.136.